The second-order valence-electron chi connectivity index (χ2n) is 6.93. The minimum absolute atomic E-state index is 0.0477. The van der Waals surface area contributed by atoms with E-state index in [9.17, 15) is 14.4 Å². The van der Waals surface area contributed by atoms with E-state index in [1.54, 1.807) is 48.5 Å². The molecular weight excluding hydrogens is 378 g/mol. The van der Waals surface area contributed by atoms with Crippen LogP contribution < -0.4 is 10.9 Å². The van der Waals surface area contributed by atoms with Crippen molar-refractivity contribution in [3.63, 3.8) is 0 Å². The van der Waals surface area contributed by atoms with Gasteiger partial charge in [-0.3, -0.25) is 14.4 Å². The van der Waals surface area contributed by atoms with Gasteiger partial charge >= 0.3 is 0 Å². The van der Waals surface area contributed by atoms with Gasteiger partial charge in [-0.1, -0.05) is 48.5 Å². The molecule has 30 heavy (non-hydrogen) atoms. The summed E-state index contributed by atoms with van der Waals surface area (Å²) in [6.45, 7) is 1.75. The van der Waals surface area contributed by atoms with E-state index in [1.807, 2.05) is 30.3 Å². The molecule has 0 saturated heterocycles. The van der Waals surface area contributed by atoms with E-state index in [0.717, 1.165) is 5.56 Å². The summed E-state index contributed by atoms with van der Waals surface area (Å²) in [5.41, 5.74) is 1.92. The normalized spacial score (nSPS) is 10.7. The molecule has 0 spiro atoms. The number of hydrogen-bond acceptors (Lipinski definition) is 4. The summed E-state index contributed by atoms with van der Waals surface area (Å²) in [5, 5.41) is 8.10. The van der Waals surface area contributed by atoms with Crippen LogP contribution in [-0.2, 0) is 6.54 Å². The van der Waals surface area contributed by atoms with Crippen LogP contribution in [0.5, 0.6) is 0 Å². The molecule has 6 heteroatoms. The Balaban J connectivity index is 1.73. The number of hydrogen-bond donors (Lipinski definition) is 1. The molecule has 0 radical (unpaired) electrons. The molecule has 1 N–H and O–H groups in total. The Morgan fingerprint density at radius 1 is 0.867 bits per heavy atom. The predicted molar refractivity (Wildman–Crippen MR) is 116 cm³/mol. The number of Topliss-reactive ketones (excluding diaryl/α,β-unsaturated/α-hetero) is 1. The molecule has 0 aliphatic rings. The Labute approximate surface area is 172 Å². The lowest BCUT2D eigenvalue weighted by Crippen LogP contribution is -2.28. The van der Waals surface area contributed by atoms with Crippen molar-refractivity contribution < 1.29 is 9.59 Å². The Morgan fingerprint density at radius 3 is 2.17 bits per heavy atom. The number of benzene rings is 3. The van der Waals surface area contributed by atoms with Crippen LogP contribution in [0, 0.1) is 0 Å². The fourth-order valence-electron chi connectivity index (χ4n) is 3.24. The zero-order valence-electron chi connectivity index (χ0n) is 16.3. The summed E-state index contributed by atoms with van der Waals surface area (Å²) in [5.74, 6) is -0.475. The molecule has 1 amide bonds. The topological polar surface area (TPSA) is 81.1 Å². The minimum Gasteiger partial charge on any atom is -0.321 e. The summed E-state index contributed by atoms with van der Waals surface area (Å²) in [6, 6.07) is 23.0. The van der Waals surface area contributed by atoms with Crippen LogP contribution in [-0.4, -0.2) is 21.5 Å². The maximum absolute atomic E-state index is 13.0. The summed E-state index contributed by atoms with van der Waals surface area (Å²) in [7, 11) is 0. The maximum atomic E-state index is 13.0. The number of aromatic nitrogens is 2. The van der Waals surface area contributed by atoms with Crippen molar-refractivity contribution in [3.05, 3.63) is 106 Å². The Hall–Kier alpha value is -4.06. The van der Waals surface area contributed by atoms with Crippen molar-refractivity contribution >= 4 is 28.2 Å². The lowest BCUT2D eigenvalue weighted by molar-refractivity contribution is 0.101. The largest absolute Gasteiger partial charge is 0.321 e. The Morgan fingerprint density at radius 2 is 1.50 bits per heavy atom. The third-order valence-electron chi connectivity index (χ3n) is 4.81. The molecule has 148 valence electrons. The van der Waals surface area contributed by atoms with E-state index in [1.165, 1.54) is 11.6 Å². The van der Waals surface area contributed by atoms with Crippen LogP contribution in [0.25, 0.3) is 10.8 Å². The van der Waals surface area contributed by atoms with Gasteiger partial charge in [0.1, 0.15) is 0 Å². The van der Waals surface area contributed by atoms with Crippen LogP contribution in [0.15, 0.2) is 83.7 Å². The van der Waals surface area contributed by atoms with Gasteiger partial charge in [0.15, 0.2) is 11.5 Å². The molecule has 0 fully saturated rings. The predicted octanol–water partition coefficient (Wildman–Crippen LogP) is 3.90. The summed E-state index contributed by atoms with van der Waals surface area (Å²) in [4.78, 5) is 37.3. The molecule has 0 unspecified atom stereocenters. The first-order valence-corrected chi connectivity index (χ1v) is 9.49. The van der Waals surface area contributed by atoms with Crippen LogP contribution in [0.2, 0.25) is 0 Å². The molecule has 0 aliphatic heterocycles. The zero-order chi connectivity index (χ0) is 21.1. The first-order valence-electron chi connectivity index (χ1n) is 9.49. The van der Waals surface area contributed by atoms with Crippen molar-refractivity contribution in [1.82, 2.24) is 9.78 Å². The number of carbonyl (C=O) groups excluding carboxylic acids is 2. The number of nitrogens with one attached hydrogen (secondary N) is 1. The molecule has 0 atom stereocenters. The van der Waals surface area contributed by atoms with Gasteiger partial charge in [-0.05, 0) is 42.8 Å². The highest BCUT2D eigenvalue weighted by molar-refractivity contribution is 6.11. The zero-order valence-corrected chi connectivity index (χ0v) is 16.3. The molecule has 0 aliphatic carbocycles. The monoisotopic (exact) mass is 397 g/mol. The van der Waals surface area contributed by atoms with Crippen LogP contribution >= 0.6 is 0 Å². The van der Waals surface area contributed by atoms with Crippen molar-refractivity contribution in [2.75, 3.05) is 5.32 Å². The van der Waals surface area contributed by atoms with Crippen LogP contribution in [0.1, 0.15) is 33.3 Å². The maximum Gasteiger partial charge on any atom is 0.276 e. The van der Waals surface area contributed by atoms with E-state index in [0.29, 0.717) is 22.0 Å². The summed E-state index contributed by atoms with van der Waals surface area (Å²) >= 11 is 0. The number of ketones is 1. The second kappa shape index (κ2) is 8.13. The fraction of sp³-hybridized carbons (Fsp3) is 0.0833. The lowest BCUT2D eigenvalue weighted by Gasteiger charge is -2.12. The quantitative estimate of drug-likeness (QED) is 0.518. The van der Waals surface area contributed by atoms with Gasteiger partial charge in [0.05, 0.1) is 11.9 Å². The number of anilines is 1. The number of rotatable bonds is 5. The highest BCUT2D eigenvalue weighted by Gasteiger charge is 2.17. The SMILES string of the molecule is CC(=O)c1ccc(NC(=O)c2nn(Cc3ccccc3)c(=O)c3ccccc23)cc1. The van der Waals surface area contributed by atoms with E-state index in [4.69, 9.17) is 0 Å². The van der Waals surface area contributed by atoms with E-state index in [-0.39, 0.29) is 23.6 Å². The number of carbonyl (C=O) groups is 2. The smallest absolute Gasteiger partial charge is 0.276 e. The Kier molecular flexibility index (Phi) is 5.22. The lowest BCUT2D eigenvalue weighted by atomic mass is 10.1. The third kappa shape index (κ3) is 3.89. The first kappa shape index (κ1) is 19.3. The highest BCUT2D eigenvalue weighted by atomic mass is 16.2. The van der Waals surface area contributed by atoms with Gasteiger partial charge < -0.3 is 5.32 Å². The molecule has 4 aromatic rings. The van der Waals surface area contributed by atoms with Gasteiger partial charge in [-0.2, -0.15) is 5.10 Å². The molecule has 4 rings (SSSR count). The van der Waals surface area contributed by atoms with Gasteiger partial charge in [0.2, 0.25) is 0 Å². The highest BCUT2D eigenvalue weighted by Crippen LogP contribution is 2.17. The second-order valence-corrected chi connectivity index (χ2v) is 6.93. The number of nitrogens with zero attached hydrogens (tertiary/aromatic N) is 2. The average molecular weight is 397 g/mol. The van der Waals surface area contributed by atoms with Gasteiger partial charge in [0, 0.05) is 16.6 Å². The standard InChI is InChI=1S/C24H19N3O3/c1-16(28)18-11-13-19(14-12-18)25-23(29)22-20-9-5-6-10-21(20)24(30)27(26-22)15-17-7-3-2-4-8-17/h2-14H,15H2,1H3,(H,25,29). The molecule has 3 aromatic carbocycles. The molecule has 0 saturated carbocycles. The summed E-state index contributed by atoms with van der Waals surface area (Å²) < 4.78 is 1.31. The van der Waals surface area contributed by atoms with E-state index < -0.39 is 5.91 Å². The minimum atomic E-state index is -0.427. The molecule has 1 heterocycles. The third-order valence-corrected chi connectivity index (χ3v) is 4.81. The first-order chi connectivity index (χ1) is 14.5. The van der Waals surface area contributed by atoms with Gasteiger partial charge in [-0.15, -0.1) is 0 Å². The molecule has 1 aromatic heterocycles. The van der Waals surface area contributed by atoms with Gasteiger partial charge in [0.25, 0.3) is 11.5 Å². The molecular formula is C24H19N3O3. The van der Waals surface area contributed by atoms with E-state index in [2.05, 4.69) is 10.4 Å². The average Bonchev–Trinajstić information content (AvgIpc) is 2.77. The van der Waals surface area contributed by atoms with Crippen molar-refractivity contribution in [2.24, 2.45) is 0 Å². The van der Waals surface area contributed by atoms with Crippen molar-refractivity contribution in [2.45, 2.75) is 13.5 Å². The summed E-state index contributed by atoms with van der Waals surface area (Å²) in [6.07, 6.45) is 0. The Bertz CT molecular complexity index is 1290. The van der Waals surface area contributed by atoms with Crippen molar-refractivity contribution in [3.8, 4) is 0 Å². The van der Waals surface area contributed by atoms with Crippen LogP contribution in [0.3, 0.4) is 0 Å². The fourth-order valence-corrected chi connectivity index (χ4v) is 3.24. The van der Waals surface area contributed by atoms with Crippen molar-refractivity contribution in [1.29, 1.82) is 0 Å². The van der Waals surface area contributed by atoms with Crippen LogP contribution in [0.4, 0.5) is 5.69 Å². The van der Waals surface area contributed by atoms with Gasteiger partial charge in [-0.25, -0.2) is 4.68 Å². The number of amides is 1. The van der Waals surface area contributed by atoms with E-state index >= 15 is 0 Å². The number of fused-ring (bicyclic) bond motifs is 1. The molecule has 6 nitrogen and oxygen atoms in total. The molecule has 0 bridgehead atoms.